The van der Waals surface area contributed by atoms with Crippen molar-refractivity contribution in [1.29, 1.82) is 0 Å². The summed E-state index contributed by atoms with van der Waals surface area (Å²) >= 11 is 0. The number of hydrogen-bond acceptors (Lipinski definition) is 3. The van der Waals surface area contributed by atoms with Gasteiger partial charge in [0.2, 0.25) is 0 Å². The van der Waals surface area contributed by atoms with Gasteiger partial charge >= 0.3 is 8.80 Å². The van der Waals surface area contributed by atoms with Crippen molar-refractivity contribution in [3.63, 3.8) is 0 Å². The fourth-order valence-corrected chi connectivity index (χ4v) is 4.64. The largest absolute Gasteiger partial charge is 0.500 e. The summed E-state index contributed by atoms with van der Waals surface area (Å²) in [6.45, 7) is 0. The number of rotatable bonds is 6. The van der Waals surface area contributed by atoms with Gasteiger partial charge in [-0.1, -0.05) is 44.9 Å². The van der Waals surface area contributed by atoms with Gasteiger partial charge in [0.05, 0.1) is 0 Å². The maximum absolute atomic E-state index is 5.48. The Morgan fingerprint density at radius 3 is 1.76 bits per heavy atom. The molecule has 102 valence electrons. The Hall–Kier alpha value is 0.0969. The number of hydrogen-bond donors (Lipinski definition) is 0. The normalized spacial score (nSPS) is 19.9. The van der Waals surface area contributed by atoms with Gasteiger partial charge in [-0.2, -0.15) is 0 Å². The smallest absolute Gasteiger partial charge is 0.377 e. The van der Waals surface area contributed by atoms with Crippen LogP contribution in [-0.4, -0.2) is 30.1 Å². The lowest BCUT2D eigenvalue weighted by molar-refractivity contribution is 0.120. The van der Waals surface area contributed by atoms with Crippen molar-refractivity contribution in [2.75, 3.05) is 21.3 Å². The van der Waals surface area contributed by atoms with Gasteiger partial charge in [0.1, 0.15) is 0 Å². The first-order valence-corrected chi connectivity index (χ1v) is 8.85. The van der Waals surface area contributed by atoms with Crippen molar-refractivity contribution in [3.8, 4) is 0 Å². The van der Waals surface area contributed by atoms with Crippen LogP contribution in [0.4, 0.5) is 0 Å². The molecule has 0 aliphatic heterocycles. The van der Waals surface area contributed by atoms with Gasteiger partial charge in [-0.25, -0.2) is 0 Å². The van der Waals surface area contributed by atoms with Gasteiger partial charge in [0, 0.05) is 27.4 Å². The molecule has 0 N–H and O–H groups in total. The molecule has 17 heavy (non-hydrogen) atoms. The van der Waals surface area contributed by atoms with Crippen molar-refractivity contribution in [3.05, 3.63) is 0 Å². The van der Waals surface area contributed by atoms with E-state index in [0.717, 1.165) is 12.0 Å². The van der Waals surface area contributed by atoms with E-state index in [4.69, 9.17) is 13.3 Å². The first-order chi connectivity index (χ1) is 8.26. The van der Waals surface area contributed by atoms with Crippen LogP contribution in [0.3, 0.4) is 0 Å². The van der Waals surface area contributed by atoms with Crippen LogP contribution in [0, 0.1) is 5.92 Å². The van der Waals surface area contributed by atoms with Crippen molar-refractivity contribution in [2.45, 2.75) is 57.4 Å². The van der Waals surface area contributed by atoms with E-state index >= 15 is 0 Å². The molecule has 0 heterocycles. The lowest BCUT2D eigenvalue weighted by atomic mass is 9.89. The summed E-state index contributed by atoms with van der Waals surface area (Å²) in [6, 6.07) is 0.959. The SMILES string of the molecule is CO[Si](CCC1CCCCCCC1)(OC)OC. The molecule has 0 amide bonds. The second-order valence-electron chi connectivity index (χ2n) is 5.05. The second kappa shape index (κ2) is 8.24. The van der Waals surface area contributed by atoms with Gasteiger partial charge in [-0.15, -0.1) is 0 Å². The summed E-state index contributed by atoms with van der Waals surface area (Å²) in [4.78, 5) is 0. The Kier molecular flexibility index (Phi) is 7.35. The van der Waals surface area contributed by atoms with Crippen LogP contribution in [0.5, 0.6) is 0 Å². The fourth-order valence-electron chi connectivity index (χ4n) is 2.77. The molecule has 0 saturated heterocycles. The van der Waals surface area contributed by atoms with E-state index in [0.29, 0.717) is 0 Å². The average Bonchev–Trinajstić information content (AvgIpc) is 2.33. The van der Waals surface area contributed by atoms with Crippen LogP contribution >= 0.6 is 0 Å². The molecule has 0 aromatic rings. The maximum Gasteiger partial charge on any atom is 0.500 e. The highest BCUT2D eigenvalue weighted by Gasteiger charge is 2.37. The summed E-state index contributed by atoms with van der Waals surface area (Å²) in [5, 5.41) is 0. The Morgan fingerprint density at radius 2 is 1.29 bits per heavy atom. The first-order valence-electron chi connectivity index (χ1n) is 6.92. The summed E-state index contributed by atoms with van der Waals surface area (Å²) < 4.78 is 16.4. The van der Waals surface area contributed by atoms with E-state index in [2.05, 4.69) is 0 Å². The fraction of sp³-hybridized carbons (Fsp3) is 1.00. The highest BCUT2D eigenvalue weighted by atomic mass is 28.4. The zero-order valence-electron chi connectivity index (χ0n) is 11.7. The quantitative estimate of drug-likeness (QED) is 0.683. The van der Waals surface area contributed by atoms with Gasteiger partial charge in [0.15, 0.2) is 0 Å². The average molecular weight is 260 g/mol. The van der Waals surface area contributed by atoms with Gasteiger partial charge in [-0.05, 0) is 12.3 Å². The molecule has 0 unspecified atom stereocenters. The molecule has 0 aromatic carbocycles. The highest BCUT2D eigenvalue weighted by molar-refractivity contribution is 6.60. The summed E-state index contributed by atoms with van der Waals surface area (Å²) in [5.74, 6) is 0.850. The van der Waals surface area contributed by atoms with Gasteiger partial charge in [-0.3, -0.25) is 0 Å². The highest BCUT2D eigenvalue weighted by Crippen LogP contribution is 2.28. The minimum absolute atomic E-state index is 0.850. The Morgan fingerprint density at radius 1 is 0.824 bits per heavy atom. The second-order valence-corrected chi connectivity index (χ2v) is 8.14. The van der Waals surface area contributed by atoms with Crippen molar-refractivity contribution < 1.29 is 13.3 Å². The molecular weight excluding hydrogens is 232 g/mol. The summed E-state index contributed by atoms with van der Waals surface area (Å²) in [6.07, 6.45) is 11.0. The molecule has 1 saturated carbocycles. The third kappa shape index (κ3) is 5.08. The van der Waals surface area contributed by atoms with E-state index in [-0.39, 0.29) is 0 Å². The molecule has 0 spiro atoms. The predicted molar refractivity (Wildman–Crippen MR) is 72.0 cm³/mol. The minimum Gasteiger partial charge on any atom is -0.377 e. The third-order valence-electron chi connectivity index (χ3n) is 4.02. The molecule has 1 rings (SSSR count). The Balaban J connectivity index is 2.35. The molecule has 1 fully saturated rings. The van der Waals surface area contributed by atoms with Crippen LogP contribution in [-0.2, 0) is 13.3 Å². The zero-order chi connectivity index (χ0) is 12.6. The van der Waals surface area contributed by atoms with Crippen molar-refractivity contribution >= 4 is 8.80 Å². The summed E-state index contributed by atoms with van der Waals surface area (Å²) in [7, 11) is 2.79. The Bertz CT molecular complexity index is 179. The topological polar surface area (TPSA) is 27.7 Å². The first kappa shape index (κ1) is 15.2. The van der Waals surface area contributed by atoms with E-state index in [1.54, 1.807) is 21.3 Å². The summed E-state index contributed by atoms with van der Waals surface area (Å²) in [5.41, 5.74) is 0. The molecule has 0 aromatic heterocycles. The molecule has 1 aliphatic rings. The van der Waals surface area contributed by atoms with Gasteiger partial charge < -0.3 is 13.3 Å². The maximum atomic E-state index is 5.48. The van der Waals surface area contributed by atoms with Gasteiger partial charge in [0.25, 0.3) is 0 Å². The third-order valence-corrected chi connectivity index (χ3v) is 6.78. The monoisotopic (exact) mass is 260 g/mol. The lowest BCUT2D eigenvalue weighted by Gasteiger charge is -2.27. The van der Waals surface area contributed by atoms with Crippen molar-refractivity contribution in [2.24, 2.45) is 5.92 Å². The standard InChI is InChI=1S/C13H28O3Si/c1-14-17(15-2,16-3)12-11-13-9-7-5-4-6-8-10-13/h13H,4-12H2,1-3H3. The molecule has 0 atom stereocenters. The minimum atomic E-state index is -2.33. The van der Waals surface area contributed by atoms with Crippen LogP contribution < -0.4 is 0 Å². The van der Waals surface area contributed by atoms with E-state index in [1.807, 2.05) is 0 Å². The van der Waals surface area contributed by atoms with Crippen LogP contribution in [0.15, 0.2) is 0 Å². The zero-order valence-corrected chi connectivity index (χ0v) is 12.7. The van der Waals surface area contributed by atoms with Crippen molar-refractivity contribution in [1.82, 2.24) is 0 Å². The molecule has 3 nitrogen and oxygen atoms in total. The molecule has 0 radical (unpaired) electrons. The van der Waals surface area contributed by atoms with E-state index in [1.165, 1.54) is 51.4 Å². The van der Waals surface area contributed by atoms with E-state index < -0.39 is 8.80 Å². The van der Waals surface area contributed by atoms with Crippen LogP contribution in [0.1, 0.15) is 51.4 Å². The molecule has 4 heteroatoms. The van der Waals surface area contributed by atoms with Crippen LogP contribution in [0.2, 0.25) is 6.04 Å². The lowest BCUT2D eigenvalue weighted by Crippen LogP contribution is -2.43. The predicted octanol–water partition coefficient (Wildman–Crippen LogP) is 3.62. The van der Waals surface area contributed by atoms with Crippen LogP contribution in [0.25, 0.3) is 0 Å². The molecule has 0 bridgehead atoms. The molecular formula is C13H28O3Si. The molecule has 1 aliphatic carbocycles. The Labute approximate surface area is 107 Å². The van der Waals surface area contributed by atoms with E-state index in [9.17, 15) is 0 Å².